The number of hydrogen-bond acceptors (Lipinski definition) is 3. The Hall–Kier alpha value is -1.10. The van der Waals surface area contributed by atoms with Crippen LogP contribution in [0.25, 0.3) is 0 Å². The number of hydrogen-bond donors (Lipinski definition) is 1. The second-order valence-corrected chi connectivity index (χ2v) is 4.96. The van der Waals surface area contributed by atoms with Gasteiger partial charge in [0.2, 0.25) is 0 Å². The third kappa shape index (κ3) is 2.28. The largest absolute Gasteiger partial charge is 0.379 e. The van der Waals surface area contributed by atoms with Crippen molar-refractivity contribution in [1.29, 1.82) is 0 Å². The summed E-state index contributed by atoms with van der Waals surface area (Å²) in [7, 11) is 0. The summed E-state index contributed by atoms with van der Waals surface area (Å²) in [6.07, 6.45) is 2.30. The molecule has 0 amide bonds. The summed E-state index contributed by atoms with van der Waals surface area (Å²) < 4.78 is 0.741. The fraction of sp³-hybridized carbons (Fsp3) is 0.400. The monoisotopic (exact) mass is 270 g/mol. The summed E-state index contributed by atoms with van der Waals surface area (Å²) in [5.41, 5.74) is 1.20. The second-order valence-electron chi connectivity index (χ2n) is 4.11. The molecule has 0 heterocycles. The first-order chi connectivity index (χ1) is 7.00. The van der Waals surface area contributed by atoms with Gasteiger partial charge in [-0.25, -0.2) is 0 Å². The topological polar surface area (TPSA) is 55.2 Å². The Bertz CT molecular complexity index is 416. The molecule has 1 aromatic rings. The van der Waals surface area contributed by atoms with E-state index in [1.165, 1.54) is 12.1 Å². The number of halogens is 1. The molecule has 1 aromatic carbocycles. The Labute approximate surface area is 96.0 Å². The molecule has 1 fully saturated rings. The SMILES string of the molecule is CC1(Nc2ccc([N+](=O)[O-])cc2Br)CC1. The van der Waals surface area contributed by atoms with E-state index in [9.17, 15) is 10.1 Å². The summed E-state index contributed by atoms with van der Waals surface area (Å²) >= 11 is 3.33. The molecule has 15 heavy (non-hydrogen) atoms. The van der Waals surface area contributed by atoms with Crippen LogP contribution in [-0.4, -0.2) is 10.5 Å². The zero-order valence-corrected chi connectivity index (χ0v) is 9.87. The van der Waals surface area contributed by atoms with Crippen LogP contribution < -0.4 is 5.32 Å². The van der Waals surface area contributed by atoms with E-state index in [0.717, 1.165) is 23.0 Å². The Balaban J connectivity index is 2.22. The van der Waals surface area contributed by atoms with E-state index in [-0.39, 0.29) is 11.2 Å². The highest BCUT2D eigenvalue weighted by Gasteiger charge is 2.37. The van der Waals surface area contributed by atoms with E-state index in [2.05, 4.69) is 28.2 Å². The lowest BCUT2D eigenvalue weighted by Crippen LogP contribution is -2.16. The van der Waals surface area contributed by atoms with Gasteiger partial charge in [0.15, 0.2) is 0 Å². The minimum absolute atomic E-state index is 0.105. The van der Waals surface area contributed by atoms with Crippen molar-refractivity contribution in [3.63, 3.8) is 0 Å². The number of nitrogens with one attached hydrogen (secondary N) is 1. The van der Waals surface area contributed by atoms with Crippen molar-refractivity contribution in [2.24, 2.45) is 0 Å². The molecular formula is C10H11BrN2O2. The Morgan fingerprint density at radius 2 is 2.20 bits per heavy atom. The molecule has 5 heteroatoms. The lowest BCUT2D eigenvalue weighted by molar-refractivity contribution is -0.384. The molecule has 1 N–H and O–H groups in total. The predicted molar refractivity (Wildman–Crippen MR) is 62.1 cm³/mol. The van der Waals surface area contributed by atoms with Gasteiger partial charge in [-0.2, -0.15) is 0 Å². The van der Waals surface area contributed by atoms with Gasteiger partial charge in [-0.05, 0) is 41.8 Å². The highest BCUT2D eigenvalue weighted by atomic mass is 79.9. The van der Waals surface area contributed by atoms with E-state index in [0.29, 0.717) is 0 Å². The molecule has 0 bridgehead atoms. The summed E-state index contributed by atoms with van der Waals surface area (Å²) in [4.78, 5) is 10.1. The summed E-state index contributed by atoms with van der Waals surface area (Å²) in [5.74, 6) is 0. The van der Waals surface area contributed by atoms with Gasteiger partial charge in [0.25, 0.3) is 5.69 Å². The van der Waals surface area contributed by atoms with E-state index < -0.39 is 4.92 Å². The van der Waals surface area contributed by atoms with Crippen LogP contribution >= 0.6 is 15.9 Å². The predicted octanol–water partition coefficient (Wildman–Crippen LogP) is 3.32. The average Bonchev–Trinajstić information content (AvgIpc) is 2.87. The molecule has 2 rings (SSSR count). The fourth-order valence-electron chi connectivity index (χ4n) is 1.36. The number of benzene rings is 1. The van der Waals surface area contributed by atoms with Crippen LogP contribution in [0.15, 0.2) is 22.7 Å². The van der Waals surface area contributed by atoms with Crippen LogP contribution in [0.5, 0.6) is 0 Å². The van der Waals surface area contributed by atoms with Crippen molar-refractivity contribution in [3.8, 4) is 0 Å². The number of nitro groups is 1. The molecule has 1 aliphatic rings. The smallest absolute Gasteiger partial charge is 0.270 e. The lowest BCUT2D eigenvalue weighted by atomic mass is 10.2. The van der Waals surface area contributed by atoms with Gasteiger partial charge < -0.3 is 5.32 Å². The number of non-ortho nitro benzene ring substituents is 1. The third-order valence-corrected chi connectivity index (χ3v) is 3.26. The molecule has 1 saturated carbocycles. The highest BCUT2D eigenvalue weighted by Crippen LogP contribution is 2.40. The Morgan fingerprint density at radius 3 is 2.67 bits per heavy atom. The van der Waals surface area contributed by atoms with Gasteiger partial charge in [0.05, 0.1) is 4.92 Å². The first-order valence-corrected chi connectivity index (χ1v) is 5.52. The van der Waals surface area contributed by atoms with Crippen molar-refractivity contribution in [2.45, 2.75) is 25.3 Å². The maximum absolute atomic E-state index is 10.5. The lowest BCUT2D eigenvalue weighted by Gasteiger charge is -2.14. The number of anilines is 1. The molecule has 0 atom stereocenters. The zero-order valence-electron chi connectivity index (χ0n) is 8.29. The standard InChI is InChI=1S/C10H11BrN2O2/c1-10(4-5-10)12-9-3-2-7(13(14)15)6-8(9)11/h2-3,6,12H,4-5H2,1H3. The van der Waals surface area contributed by atoms with Crippen molar-refractivity contribution in [1.82, 2.24) is 0 Å². The summed E-state index contributed by atoms with van der Waals surface area (Å²) in [6, 6.07) is 4.78. The average molecular weight is 271 g/mol. The van der Waals surface area contributed by atoms with Crippen LogP contribution in [0.1, 0.15) is 19.8 Å². The maximum atomic E-state index is 10.5. The van der Waals surface area contributed by atoms with E-state index in [1.54, 1.807) is 6.07 Å². The molecule has 0 aliphatic heterocycles. The summed E-state index contributed by atoms with van der Waals surface area (Å²) in [5, 5.41) is 13.9. The first-order valence-electron chi connectivity index (χ1n) is 4.72. The normalized spacial score (nSPS) is 17.2. The van der Waals surface area contributed by atoms with Crippen molar-refractivity contribution >= 4 is 27.3 Å². The highest BCUT2D eigenvalue weighted by molar-refractivity contribution is 9.10. The molecule has 80 valence electrons. The molecule has 0 aromatic heterocycles. The maximum Gasteiger partial charge on any atom is 0.270 e. The minimum atomic E-state index is -0.395. The molecule has 0 spiro atoms. The van der Waals surface area contributed by atoms with E-state index in [1.807, 2.05) is 0 Å². The van der Waals surface area contributed by atoms with Crippen LogP contribution in [0.2, 0.25) is 0 Å². The van der Waals surface area contributed by atoms with Gasteiger partial charge in [0.1, 0.15) is 0 Å². The Kier molecular flexibility index (Phi) is 2.42. The molecule has 4 nitrogen and oxygen atoms in total. The Morgan fingerprint density at radius 1 is 1.53 bits per heavy atom. The number of rotatable bonds is 3. The van der Waals surface area contributed by atoms with Gasteiger partial charge in [-0.15, -0.1) is 0 Å². The molecular weight excluding hydrogens is 260 g/mol. The molecule has 0 unspecified atom stereocenters. The third-order valence-electron chi connectivity index (χ3n) is 2.60. The van der Waals surface area contributed by atoms with Gasteiger partial charge >= 0.3 is 0 Å². The fourth-order valence-corrected chi connectivity index (χ4v) is 1.82. The van der Waals surface area contributed by atoms with Crippen LogP contribution in [-0.2, 0) is 0 Å². The van der Waals surface area contributed by atoms with E-state index >= 15 is 0 Å². The van der Waals surface area contributed by atoms with Gasteiger partial charge in [-0.3, -0.25) is 10.1 Å². The second kappa shape index (κ2) is 3.48. The van der Waals surface area contributed by atoms with Crippen LogP contribution in [0.4, 0.5) is 11.4 Å². The molecule has 0 saturated heterocycles. The van der Waals surface area contributed by atoms with Crippen molar-refractivity contribution in [2.75, 3.05) is 5.32 Å². The van der Waals surface area contributed by atoms with Crippen molar-refractivity contribution in [3.05, 3.63) is 32.8 Å². The first kappa shape index (κ1) is 10.4. The molecule has 0 radical (unpaired) electrons. The zero-order chi connectivity index (χ0) is 11.1. The van der Waals surface area contributed by atoms with Crippen LogP contribution in [0, 0.1) is 10.1 Å². The number of nitro benzene ring substituents is 1. The minimum Gasteiger partial charge on any atom is -0.379 e. The van der Waals surface area contributed by atoms with Gasteiger partial charge in [0, 0.05) is 27.8 Å². The van der Waals surface area contributed by atoms with E-state index in [4.69, 9.17) is 0 Å². The quantitative estimate of drug-likeness (QED) is 0.677. The van der Waals surface area contributed by atoms with Crippen molar-refractivity contribution < 1.29 is 4.92 Å². The van der Waals surface area contributed by atoms with Gasteiger partial charge in [-0.1, -0.05) is 0 Å². The molecule has 1 aliphatic carbocycles. The number of nitrogens with zero attached hydrogens (tertiary/aromatic N) is 1. The van der Waals surface area contributed by atoms with Crippen LogP contribution in [0.3, 0.4) is 0 Å². The summed E-state index contributed by atoms with van der Waals surface area (Å²) in [6.45, 7) is 2.14.